The van der Waals surface area contributed by atoms with Crippen molar-refractivity contribution in [3.05, 3.63) is 16.1 Å². The summed E-state index contributed by atoms with van der Waals surface area (Å²) in [5, 5.41) is 7.00. The molecule has 1 heterocycles. The molecule has 92 valence electrons. The molecule has 16 heavy (non-hydrogen) atoms. The Morgan fingerprint density at radius 2 is 2.00 bits per heavy atom. The van der Waals surface area contributed by atoms with Gasteiger partial charge in [-0.15, -0.1) is 11.3 Å². The maximum absolute atomic E-state index is 4.57. The van der Waals surface area contributed by atoms with Crippen LogP contribution in [0.4, 0.5) is 0 Å². The molecular weight excluding hydrogens is 216 g/mol. The van der Waals surface area contributed by atoms with E-state index in [2.05, 4.69) is 43.4 Å². The molecule has 0 amide bonds. The van der Waals surface area contributed by atoms with E-state index in [4.69, 9.17) is 0 Å². The summed E-state index contributed by atoms with van der Waals surface area (Å²) >= 11 is 1.77. The van der Waals surface area contributed by atoms with Gasteiger partial charge in [-0.05, 0) is 19.3 Å². The van der Waals surface area contributed by atoms with Gasteiger partial charge in [-0.1, -0.05) is 33.6 Å². The minimum atomic E-state index is 0.585. The molecule has 0 aromatic carbocycles. The normalized spacial score (nSPS) is 13.3. The second-order valence-corrected chi connectivity index (χ2v) is 5.27. The Kier molecular flexibility index (Phi) is 5.99. The van der Waals surface area contributed by atoms with E-state index in [9.17, 15) is 0 Å². The molecule has 3 heteroatoms. The molecule has 1 aromatic rings. The average molecular weight is 240 g/mol. The lowest BCUT2D eigenvalue weighted by Gasteiger charge is -2.22. The highest BCUT2D eigenvalue weighted by Crippen LogP contribution is 2.14. The summed E-state index contributed by atoms with van der Waals surface area (Å²) < 4.78 is 0. The largest absolute Gasteiger partial charge is 0.308 e. The van der Waals surface area contributed by atoms with Crippen molar-refractivity contribution in [2.45, 2.75) is 59.5 Å². The first-order valence-electron chi connectivity index (χ1n) is 6.37. The van der Waals surface area contributed by atoms with Crippen LogP contribution in [0.25, 0.3) is 0 Å². The molecule has 0 saturated heterocycles. The number of nitrogens with zero attached hydrogens (tertiary/aromatic N) is 1. The van der Waals surface area contributed by atoms with E-state index in [1.54, 1.807) is 11.3 Å². The standard InChI is InChI=1S/C13H24N2S/c1-5-11(6-2)10(4)14-8-12-9-16-13(7-3)15-12/h9-11,14H,5-8H2,1-4H3. The van der Waals surface area contributed by atoms with Gasteiger partial charge in [0.1, 0.15) is 0 Å². The third-order valence-corrected chi connectivity index (χ3v) is 4.30. The lowest BCUT2D eigenvalue weighted by atomic mass is 9.95. The molecule has 1 unspecified atom stereocenters. The van der Waals surface area contributed by atoms with Crippen molar-refractivity contribution in [1.82, 2.24) is 10.3 Å². The maximum atomic E-state index is 4.57. The van der Waals surface area contributed by atoms with E-state index in [1.165, 1.54) is 23.5 Å². The summed E-state index contributed by atoms with van der Waals surface area (Å²) in [5.41, 5.74) is 1.19. The molecule has 0 aliphatic carbocycles. The lowest BCUT2D eigenvalue weighted by Crippen LogP contribution is -2.32. The minimum Gasteiger partial charge on any atom is -0.308 e. The highest BCUT2D eigenvalue weighted by Gasteiger charge is 2.12. The molecule has 0 fully saturated rings. The van der Waals surface area contributed by atoms with Crippen LogP contribution >= 0.6 is 11.3 Å². The van der Waals surface area contributed by atoms with Crippen LogP contribution in [-0.2, 0) is 13.0 Å². The van der Waals surface area contributed by atoms with Crippen molar-refractivity contribution in [3.63, 3.8) is 0 Å². The summed E-state index contributed by atoms with van der Waals surface area (Å²) in [7, 11) is 0. The van der Waals surface area contributed by atoms with Gasteiger partial charge in [0, 0.05) is 18.0 Å². The molecule has 1 N–H and O–H groups in total. The van der Waals surface area contributed by atoms with Crippen LogP contribution in [0.2, 0.25) is 0 Å². The number of hydrogen-bond acceptors (Lipinski definition) is 3. The summed E-state index contributed by atoms with van der Waals surface area (Å²) in [6.07, 6.45) is 3.55. The third kappa shape index (κ3) is 3.87. The molecule has 0 bridgehead atoms. The van der Waals surface area contributed by atoms with Gasteiger partial charge in [-0.25, -0.2) is 4.98 Å². The van der Waals surface area contributed by atoms with Crippen molar-refractivity contribution in [3.8, 4) is 0 Å². The molecule has 0 radical (unpaired) electrons. The molecule has 0 saturated carbocycles. The Balaban J connectivity index is 2.38. The zero-order valence-corrected chi connectivity index (χ0v) is 11.7. The quantitative estimate of drug-likeness (QED) is 0.787. The fraction of sp³-hybridized carbons (Fsp3) is 0.769. The fourth-order valence-electron chi connectivity index (χ4n) is 2.02. The van der Waals surface area contributed by atoms with E-state index in [1.807, 2.05) is 0 Å². The molecule has 2 nitrogen and oxygen atoms in total. The summed E-state index contributed by atoms with van der Waals surface area (Å²) in [4.78, 5) is 4.57. The predicted molar refractivity (Wildman–Crippen MR) is 71.9 cm³/mol. The van der Waals surface area contributed by atoms with Crippen LogP contribution < -0.4 is 5.32 Å². The highest BCUT2D eigenvalue weighted by atomic mass is 32.1. The topological polar surface area (TPSA) is 24.9 Å². The Bertz CT molecular complexity index is 292. The van der Waals surface area contributed by atoms with E-state index in [0.29, 0.717) is 6.04 Å². The number of thiazole rings is 1. The van der Waals surface area contributed by atoms with Crippen molar-refractivity contribution < 1.29 is 0 Å². The average Bonchev–Trinajstić information content (AvgIpc) is 2.76. The van der Waals surface area contributed by atoms with Crippen molar-refractivity contribution in [2.75, 3.05) is 0 Å². The fourth-order valence-corrected chi connectivity index (χ4v) is 2.77. The first-order chi connectivity index (χ1) is 7.71. The first kappa shape index (κ1) is 13.7. The summed E-state index contributed by atoms with van der Waals surface area (Å²) in [6.45, 7) is 9.89. The number of hydrogen-bond donors (Lipinski definition) is 1. The SMILES string of the molecule is CCc1nc(CNC(C)C(CC)CC)cs1. The first-order valence-corrected chi connectivity index (χ1v) is 7.25. The van der Waals surface area contributed by atoms with Crippen LogP contribution in [0, 0.1) is 5.92 Å². The Hall–Kier alpha value is -0.410. The number of rotatable bonds is 7. The number of aryl methyl sites for hydroxylation is 1. The van der Waals surface area contributed by atoms with E-state index < -0.39 is 0 Å². The second-order valence-electron chi connectivity index (χ2n) is 4.33. The molecular formula is C13H24N2S. The zero-order chi connectivity index (χ0) is 12.0. The Morgan fingerprint density at radius 1 is 1.31 bits per heavy atom. The van der Waals surface area contributed by atoms with Gasteiger partial charge < -0.3 is 5.32 Å². The van der Waals surface area contributed by atoms with Gasteiger partial charge in [0.25, 0.3) is 0 Å². The van der Waals surface area contributed by atoms with Crippen molar-refractivity contribution >= 4 is 11.3 Å². The van der Waals surface area contributed by atoms with Gasteiger partial charge >= 0.3 is 0 Å². The molecule has 1 atom stereocenters. The molecule has 1 rings (SSSR count). The number of nitrogens with one attached hydrogen (secondary N) is 1. The Morgan fingerprint density at radius 3 is 2.50 bits per heavy atom. The van der Waals surface area contributed by atoms with Crippen LogP contribution in [0.5, 0.6) is 0 Å². The van der Waals surface area contributed by atoms with Crippen molar-refractivity contribution in [1.29, 1.82) is 0 Å². The smallest absolute Gasteiger partial charge is 0.0926 e. The third-order valence-electron chi connectivity index (χ3n) is 3.26. The van der Waals surface area contributed by atoms with Crippen LogP contribution in [-0.4, -0.2) is 11.0 Å². The molecule has 0 aliphatic heterocycles. The molecule has 0 spiro atoms. The van der Waals surface area contributed by atoms with E-state index >= 15 is 0 Å². The summed E-state index contributed by atoms with van der Waals surface area (Å²) in [6, 6.07) is 0.585. The Labute approximate surface area is 103 Å². The predicted octanol–water partition coefficient (Wildman–Crippen LogP) is 3.62. The van der Waals surface area contributed by atoms with Crippen molar-refractivity contribution in [2.24, 2.45) is 5.92 Å². The number of aromatic nitrogens is 1. The van der Waals surface area contributed by atoms with E-state index in [0.717, 1.165) is 18.9 Å². The zero-order valence-electron chi connectivity index (χ0n) is 10.9. The molecule has 1 aromatic heterocycles. The van der Waals surface area contributed by atoms with Gasteiger partial charge in [0.05, 0.1) is 10.7 Å². The second kappa shape index (κ2) is 7.02. The minimum absolute atomic E-state index is 0.585. The monoisotopic (exact) mass is 240 g/mol. The van der Waals surface area contributed by atoms with Crippen LogP contribution in [0.15, 0.2) is 5.38 Å². The van der Waals surface area contributed by atoms with Gasteiger partial charge in [0.2, 0.25) is 0 Å². The van der Waals surface area contributed by atoms with Gasteiger partial charge in [-0.3, -0.25) is 0 Å². The van der Waals surface area contributed by atoms with E-state index in [-0.39, 0.29) is 0 Å². The van der Waals surface area contributed by atoms with Crippen LogP contribution in [0.3, 0.4) is 0 Å². The highest BCUT2D eigenvalue weighted by molar-refractivity contribution is 7.09. The van der Waals surface area contributed by atoms with Gasteiger partial charge in [-0.2, -0.15) is 0 Å². The lowest BCUT2D eigenvalue weighted by molar-refractivity contribution is 0.352. The van der Waals surface area contributed by atoms with Crippen LogP contribution in [0.1, 0.15) is 51.2 Å². The molecule has 0 aliphatic rings. The van der Waals surface area contributed by atoms with Gasteiger partial charge in [0.15, 0.2) is 0 Å². The maximum Gasteiger partial charge on any atom is 0.0926 e. The summed E-state index contributed by atoms with van der Waals surface area (Å²) in [5.74, 6) is 0.782.